The summed E-state index contributed by atoms with van der Waals surface area (Å²) < 4.78 is 1.26. The van der Waals surface area contributed by atoms with Crippen molar-refractivity contribution < 1.29 is 9.59 Å². The highest BCUT2D eigenvalue weighted by molar-refractivity contribution is 5.99. The highest BCUT2D eigenvalue weighted by Gasteiger charge is 2.15. The number of hydrogen-bond acceptors (Lipinski definition) is 4. The van der Waals surface area contributed by atoms with Crippen molar-refractivity contribution in [3.63, 3.8) is 0 Å². The van der Waals surface area contributed by atoms with Crippen LogP contribution in [0.25, 0.3) is 10.8 Å². The molecule has 1 aromatic heterocycles. The van der Waals surface area contributed by atoms with Gasteiger partial charge in [-0.1, -0.05) is 48.5 Å². The van der Waals surface area contributed by atoms with Crippen LogP contribution in [0.15, 0.2) is 83.7 Å². The maximum atomic E-state index is 12.7. The quantitative estimate of drug-likeness (QED) is 0.409. The van der Waals surface area contributed by atoms with E-state index < -0.39 is 0 Å². The van der Waals surface area contributed by atoms with E-state index in [1.54, 1.807) is 49.5 Å². The largest absolute Gasteiger partial charge is 0.349 e. The molecule has 4 aromatic rings. The number of amides is 3. The van der Waals surface area contributed by atoms with Crippen molar-refractivity contribution in [2.75, 3.05) is 10.6 Å². The van der Waals surface area contributed by atoms with Gasteiger partial charge in [0.15, 0.2) is 0 Å². The van der Waals surface area contributed by atoms with Gasteiger partial charge in [0.05, 0.1) is 23.5 Å². The Morgan fingerprint density at radius 3 is 2.12 bits per heavy atom. The van der Waals surface area contributed by atoms with Crippen molar-refractivity contribution in [1.82, 2.24) is 15.1 Å². The number of benzene rings is 3. The van der Waals surface area contributed by atoms with Gasteiger partial charge in [0.25, 0.3) is 5.56 Å². The molecule has 1 unspecified atom stereocenters. The Labute approximate surface area is 196 Å². The Hall–Kier alpha value is -4.46. The third-order valence-corrected chi connectivity index (χ3v) is 5.44. The van der Waals surface area contributed by atoms with Gasteiger partial charge in [-0.3, -0.25) is 9.59 Å². The molecule has 8 nitrogen and oxygen atoms in total. The molecule has 0 saturated carbocycles. The number of aromatic nitrogens is 2. The number of carbonyl (C=O) groups excluding carboxylic acids is 2. The lowest BCUT2D eigenvalue weighted by molar-refractivity contribution is -0.121. The van der Waals surface area contributed by atoms with Crippen molar-refractivity contribution >= 4 is 34.1 Å². The minimum absolute atomic E-state index is 0.0538. The van der Waals surface area contributed by atoms with Gasteiger partial charge in [0.2, 0.25) is 5.91 Å². The van der Waals surface area contributed by atoms with Crippen LogP contribution in [0.1, 0.15) is 24.2 Å². The molecule has 4 rings (SSSR count). The van der Waals surface area contributed by atoms with Crippen LogP contribution >= 0.6 is 0 Å². The number of aryl methyl sites for hydroxylation is 1. The van der Waals surface area contributed by atoms with E-state index in [9.17, 15) is 14.4 Å². The van der Waals surface area contributed by atoms with Gasteiger partial charge in [-0.25, -0.2) is 9.48 Å². The smallest absolute Gasteiger partial charge is 0.323 e. The highest BCUT2D eigenvalue weighted by Crippen LogP contribution is 2.18. The molecule has 172 valence electrons. The Bertz CT molecular complexity index is 1380. The predicted octanol–water partition coefficient (Wildman–Crippen LogP) is 4.00. The second-order valence-corrected chi connectivity index (χ2v) is 7.95. The molecular formula is C26H25N5O3. The molecule has 1 heterocycles. The number of fused-ring (bicyclic) bond motifs is 1. The van der Waals surface area contributed by atoms with Crippen molar-refractivity contribution in [1.29, 1.82) is 0 Å². The second-order valence-electron chi connectivity index (χ2n) is 7.95. The van der Waals surface area contributed by atoms with Crippen LogP contribution in [0, 0.1) is 0 Å². The standard InChI is InChI=1S/C26H25N5O3/c1-17(18-12-14-20(15-13-18)29-26(34)28-19-8-4-3-5-9-19)27-24(32)16-23-21-10-6-7-11-22(21)25(33)31(2)30-23/h3-15,17H,16H2,1-2H3,(H,27,32)(H2,28,29,34). The minimum Gasteiger partial charge on any atom is -0.349 e. The van der Waals surface area contributed by atoms with Crippen LogP contribution < -0.4 is 21.5 Å². The van der Waals surface area contributed by atoms with E-state index in [0.29, 0.717) is 27.8 Å². The molecule has 0 aliphatic rings. The van der Waals surface area contributed by atoms with E-state index in [0.717, 1.165) is 5.56 Å². The fourth-order valence-electron chi connectivity index (χ4n) is 3.70. The summed E-state index contributed by atoms with van der Waals surface area (Å²) in [6, 6.07) is 23.0. The molecule has 0 radical (unpaired) electrons. The summed E-state index contributed by atoms with van der Waals surface area (Å²) in [7, 11) is 1.58. The predicted molar refractivity (Wildman–Crippen MR) is 133 cm³/mol. The molecule has 8 heteroatoms. The molecule has 1 atom stereocenters. The first-order valence-electron chi connectivity index (χ1n) is 10.9. The Balaban J connectivity index is 1.37. The number of carbonyl (C=O) groups is 2. The zero-order chi connectivity index (χ0) is 24.1. The van der Waals surface area contributed by atoms with Crippen LogP contribution in [0.3, 0.4) is 0 Å². The molecule has 3 N–H and O–H groups in total. The number of rotatable bonds is 6. The summed E-state index contributed by atoms with van der Waals surface area (Å²) >= 11 is 0. The number of nitrogens with one attached hydrogen (secondary N) is 3. The lowest BCUT2D eigenvalue weighted by atomic mass is 10.1. The number of para-hydroxylation sites is 1. The Morgan fingerprint density at radius 1 is 0.853 bits per heavy atom. The van der Waals surface area contributed by atoms with Crippen molar-refractivity contribution in [3.8, 4) is 0 Å². The molecule has 3 amide bonds. The maximum Gasteiger partial charge on any atom is 0.323 e. The zero-order valence-electron chi connectivity index (χ0n) is 18.9. The number of anilines is 2. The molecule has 3 aromatic carbocycles. The molecule has 0 aliphatic heterocycles. The lowest BCUT2D eigenvalue weighted by Crippen LogP contribution is -2.30. The van der Waals surface area contributed by atoms with Gasteiger partial charge in [-0.2, -0.15) is 5.10 Å². The highest BCUT2D eigenvalue weighted by atomic mass is 16.2. The molecule has 34 heavy (non-hydrogen) atoms. The number of urea groups is 1. The first-order chi connectivity index (χ1) is 16.4. The number of nitrogens with zero attached hydrogens (tertiary/aromatic N) is 2. The monoisotopic (exact) mass is 455 g/mol. The second kappa shape index (κ2) is 9.99. The zero-order valence-corrected chi connectivity index (χ0v) is 18.9. The van der Waals surface area contributed by atoms with Gasteiger partial charge >= 0.3 is 6.03 Å². The number of hydrogen-bond donors (Lipinski definition) is 3. The van der Waals surface area contributed by atoms with E-state index in [1.165, 1.54) is 4.68 Å². The van der Waals surface area contributed by atoms with E-state index in [1.807, 2.05) is 43.3 Å². The van der Waals surface area contributed by atoms with E-state index >= 15 is 0 Å². The molecule has 0 saturated heterocycles. The van der Waals surface area contributed by atoms with Crippen molar-refractivity contribution in [3.05, 3.63) is 100 Å². The summed E-state index contributed by atoms with van der Waals surface area (Å²) in [6.07, 6.45) is 0.0538. The van der Waals surface area contributed by atoms with Crippen LogP contribution in [0.5, 0.6) is 0 Å². The summed E-state index contributed by atoms with van der Waals surface area (Å²) in [5, 5.41) is 14.0. The van der Waals surface area contributed by atoms with E-state index in [4.69, 9.17) is 0 Å². The van der Waals surface area contributed by atoms with Crippen molar-refractivity contribution in [2.24, 2.45) is 7.05 Å². The van der Waals surface area contributed by atoms with Gasteiger partial charge in [0, 0.05) is 23.8 Å². The summed E-state index contributed by atoms with van der Waals surface area (Å²) in [6.45, 7) is 1.88. The normalized spacial score (nSPS) is 11.6. The fourth-order valence-corrected chi connectivity index (χ4v) is 3.70. The third kappa shape index (κ3) is 5.29. The van der Waals surface area contributed by atoms with Crippen LogP contribution in [0.4, 0.5) is 16.2 Å². The Morgan fingerprint density at radius 2 is 1.44 bits per heavy atom. The van der Waals surface area contributed by atoms with E-state index in [2.05, 4.69) is 21.0 Å². The summed E-state index contributed by atoms with van der Waals surface area (Å²) in [5.41, 5.74) is 2.58. The van der Waals surface area contributed by atoms with Gasteiger partial charge < -0.3 is 16.0 Å². The average Bonchev–Trinajstić information content (AvgIpc) is 2.83. The third-order valence-electron chi connectivity index (χ3n) is 5.44. The van der Waals surface area contributed by atoms with Gasteiger partial charge in [0.1, 0.15) is 0 Å². The van der Waals surface area contributed by atoms with Crippen molar-refractivity contribution in [2.45, 2.75) is 19.4 Å². The van der Waals surface area contributed by atoms with Crippen LogP contribution in [-0.4, -0.2) is 21.7 Å². The van der Waals surface area contributed by atoms with Gasteiger partial charge in [-0.15, -0.1) is 0 Å². The Kier molecular flexibility index (Phi) is 6.68. The molecule has 0 fully saturated rings. The van der Waals surface area contributed by atoms with Crippen LogP contribution in [-0.2, 0) is 18.3 Å². The van der Waals surface area contributed by atoms with Gasteiger partial charge in [-0.05, 0) is 42.8 Å². The SMILES string of the molecule is CC(NC(=O)Cc1nn(C)c(=O)c2ccccc12)c1ccc(NC(=O)Nc2ccccc2)cc1. The minimum atomic E-state index is -0.336. The molecule has 0 spiro atoms. The topological polar surface area (TPSA) is 105 Å². The maximum absolute atomic E-state index is 12.7. The first-order valence-corrected chi connectivity index (χ1v) is 10.9. The van der Waals surface area contributed by atoms with Crippen LogP contribution in [0.2, 0.25) is 0 Å². The summed E-state index contributed by atoms with van der Waals surface area (Å²) in [5.74, 6) is -0.201. The molecule has 0 bridgehead atoms. The average molecular weight is 456 g/mol. The first kappa shape index (κ1) is 22.7. The van der Waals surface area contributed by atoms with E-state index in [-0.39, 0.29) is 30.0 Å². The fraction of sp³-hybridized carbons (Fsp3) is 0.154. The summed E-state index contributed by atoms with van der Waals surface area (Å²) in [4.78, 5) is 37.2. The molecular weight excluding hydrogens is 430 g/mol. The molecule has 0 aliphatic carbocycles. The lowest BCUT2D eigenvalue weighted by Gasteiger charge is -2.16.